The van der Waals surface area contributed by atoms with Crippen molar-refractivity contribution < 1.29 is 9.47 Å². The number of hydrogen-bond donors (Lipinski definition) is 0. The van der Waals surface area contributed by atoms with Gasteiger partial charge in [0.25, 0.3) is 0 Å². The lowest BCUT2D eigenvalue weighted by Gasteiger charge is -2.35. The minimum atomic E-state index is -0.218. The van der Waals surface area contributed by atoms with Gasteiger partial charge < -0.3 is 9.47 Å². The lowest BCUT2D eigenvalue weighted by atomic mass is 9.95. The van der Waals surface area contributed by atoms with Gasteiger partial charge in [-0.1, -0.05) is 44.2 Å². The molecule has 1 heterocycles. The number of hydrogen-bond acceptors (Lipinski definition) is 2. The van der Waals surface area contributed by atoms with Gasteiger partial charge >= 0.3 is 0 Å². The van der Waals surface area contributed by atoms with Crippen molar-refractivity contribution in [3.8, 4) is 0 Å². The molecule has 1 saturated carbocycles. The van der Waals surface area contributed by atoms with Crippen molar-refractivity contribution in [3.05, 3.63) is 35.9 Å². The minimum absolute atomic E-state index is 0.178. The van der Waals surface area contributed by atoms with E-state index in [-0.39, 0.29) is 11.2 Å². The van der Waals surface area contributed by atoms with E-state index in [1.165, 1.54) is 12.0 Å². The summed E-state index contributed by atoms with van der Waals surface area (Å²) in [5, 5.41) is 0. The lowest BCUT2D eigenvalue weighted by Crippen LogP contribution is -2.40. The molecule has 2 aliphatic rings. The molecule has 1 atom stereocenters. The summed E-state index contributed by atoms with van der Waals surface area (Å²) in [6.07, 6.45) is 3.38. The van der Waals surface area contributed by atoms with Gasteiger partial charge in [0.15, 0.2) is 5.79 Å². The predicted molar refractivity (Wildman–Crippen MR) is 71.3 cm³/mol. The molecule has 0 aromatic heterocycles. The molecule has 2 nitrogen and oxygen atoms in total. The van der Waals surface area contributed by atoms with Crippen molar-refractivity contribution in [1.29, 1.82) is 0 Å². The van der Waals surface area contributed by atoms with E-state index in [0.717, 1.165) is 26.1 Å². The van der Waals surface area contributed by atoms with Crippen molar-refractivity contribution in [3.63, 3.8) is 0 Å². The Morgan fingerprint density at radius 2 is 1.78 bits per heavy atom. The molecule has 98 valence electrons. The summed E-state index contributed by atoms with van der Waals surface area (Å²) >= 11 is 0. The molecule has 1 unspecified atom stereocenters. The van der Waals surface area contributed by atoms with E-state index in [1.807, 2.05) is 0 Å². The van der Waals surface area contributed by atoms with E-state index in [1.54, 1.807) is 0 Å². The van der Waals surface area contributed by atoms with E-state index in [4.69, 9.17) is 9.47 Å². The van der Waals surface area contributed by atoms with Crippen molar-refractivity contribution in [1.82, 2.24) is 0 Å². The number of benzene rings is 1. The van der Waals surface area contributed by atoms with E-state index < -0.39 is 0 Å². The summed E-state index contributed by atoms with van der Waals surface area (Å²) in [4.78, 5) is 0. The van der Waals surface area contributed by atoms with Crippen molar-refractivity contribution in [2.24, 2.45) is 11.3 Å². The quantitative estimate of drug-likeness (QED) is 0.813. The third-order valence-corrected chi connectivity index (χ3v) is 4.03. The fraction of sp³-hybridized carbons (Fsp3) is 0.625. The first-order valence-electron chi connectivity index (χ1n) is 6.92. The van der Waals surface area contributed by atoms with Crippen LogP contribution in [0.3, 0.4) is 0 Å². The van der Waals surface area contributed by atoms with Gasteiger partial charge in [0.2, 0.25) is 0 Å². The molecule has 2 fully saturated rings. The first-order valence-corrected chi connectivity index (χ1v) is 6.92. The maximum absolute atomic E-state index is 5.97. The Balaban J connectivity index is 1.50. The second kappa shape index (κ2) is 4.36. The van der Waals surface area contributed by atoms with E-state index >= 15 is 0 Å². The largest absolute Gasteiger partial charge is 0.349 e. The van der Waals surface area contributed by atoms with Gasteiger partial charge in [-0.25, -0.2) is 0 Å². The Bertz CT molecular complexity index is 400. The van der Waals surface area contributed by atoms with Gasteiger partial charge in [-0.3, -0.25) is 0 Å². The van der Waals surface area contributed by atoms with E-state index in [9.17, 15) is 0 Å². The molecule has 1 spiro atoms. The van der Waals surface area contributed by atoms with Gasteiger partial charge in [0.05, 0.1) is 13.2 Å². The van der Waals surface area contributed by atoms with Crippen molar-refractivity contribution in [2.45, 2.75) is 38.9 Å². The average molecular weight is 246 g/mol. The summed E-state index contributed by atoms with van der Waals surface area (Å²) in [5.41, 5.74) is 1.59. The second-order valence-electron chi connectivity index (χ2n) is 6.48. The number of ether oxygens (including phenoxy) is 2. The SMILES string of the molecule is CC1(C)COC2(CC2CCc2ccccc2)OC1. The molecule has 0 radical (unpaired) electrons. The van der Waals surface area contributed by atoms with Crippen molar-refractivity contribution >= 4 is 0 Å². The van der Waals surface area contributed by atoms with Gasteiger partial charge in [-0.05, 0) is 18.4 Å². The molecule has 2 heteroatoms. The first-order chi connectivity index (χ1) is 8.60. The van der Waals surface area contributed by atoms with Crippen LogP contribution in [-0.2, 0) is 15.9 Å². The molecule has 0 N–H and O–H groups in total. The Morgan fingerprint density at radius 3 is 2.44 bits per heavy atom. The van der Waals surface area contributed by atoms with Crippen molar-refractivity contribution in [2.75, 3.05) is 13.2 Å². The van der Waals surface area contributed by atoms with Crippen LogP contribution >= 0.6 is 0 Å². The van der Waals surface area contributed by atoms with Crippen LogP contribution in [0.15, 0.2) is 30.3 Å². The summed E-state index contributed by atoms with van der Waals surface area (Å²) in [6, 6.07) is 10.7. The minimum Gasteiger partial charge on any atom is -0.349 e. The van der Waals surface area contributed by atoms with E-state index in [2.05, 4.69) is 44.2 Å². The average Bonchev–Trinajstić information content (AvgIpc) is 3.06. The predicted octanol–water partition coefficient (Wildman–Crippen LogP) is 3.41. The highest BCUT2D eigenvalue weighted by Gasteiger charge is 2.59. The molecular formula is C16H22O2. The third kappa shape index (κ3) is 2.45. The highest BCUT2D eigenvalue weighted by Crippen LogP contribution is 2.53. The molecule has 1 saturated heterocycles. The number of rotatable bonds is 3. The normalized spacial score (nSPS) is 28.2. The topological polar surface area (TPSA) is 18.5 Å². The molecule has 1 aromatic rings. The molecule has 3 rings (SSSR count). The zero-order valence-electron chi connectivity index (χ0n) is 11.3. The summed E-state index contributed by atoms with van der Waals surface area (Å²) in [7, 11) is 0. The van der Waals surface area contributed by atoms with Gasteiger partial charge in [-0.15, -0.1) is 0 Å². The summed E-state index contributed by atoms with van der Waals surface area (Å²) in [6.45, 7) is 6.05. The Morgan fingerprint density at radius 1 is 1.11 bits per heavy atom. The maximum atomic E-state index is 5.97. The molecule has 1 aliphatic carbocycles. The van der Waals surface area contributed by atoms with Gasteiger partial charge in [-0.2, -0.15) is 0 Å². The molecule has 0 amide bonds. The summed E-state index contributed by atoms with van der Waals surface area (Å²) < 4.78 is 11.9. The van der Waals surface area contributed by atoms with Gasteiger partial charge in [0.1, 0.15) is 0 Å². The molecule has 1 aliphatic heterocycles. The van der Waals surface area contributed by atoms with Crippen LogP contribution in [0.1, 0.15) is 32.3 Å². The van der Waals surface area contributed by atoms with Crippen LogP contribution in [0.2, 0.25) is 0 Å². The fourth-order valence-electron chi connectivity index (χ4n) is 2.66. The summed E-state index contributed by atoms with van der Waals surface area (Å²) in [5.74, 6) is 0.374. The molecule has 18 heavy (non-hydrogen) atoms. The highest BCUT2D eigenvalue weighted by molar-refractivity contribution is 5.15. The van der Waals surface area contributed by atoms with Crippen LogP contribution in [0.25, 0.3) is 0 Å². The number of aryl methyl sites for hydroxylation is 1. The third-order valence-electron chi connectivity index (χ3n) is 4.03. The zero-order valence-corrected chi connectivity index (χ0v) is 11.3. The molecular weight excluding hydrogens is 224 g/mol. The van der Waals surface area contributed by atoms with Crippen LogP contribution in [0.5, 0.6) is 0 Å². The first kappa shape index (κ1) is 12.2. The van der Waals surface area contributed by atoms with Crippen LogP contribution in [0, 0.1) is 11.3 Å². The van der Waals surface area contributed by atoms with Crippen LogP contribution in [0.4, 0.5) is 0 Å². The van der Waals surface area contributed by atoms with E-state index in [0.29, 0.717) is 5.92 Å². The zero-order chi connectivity index (χ0) is 12.6. The molecule has 1 aromatic carbocycles. The lowest BCUT2D eigenvalue weighted by molar-refractivity contribution is -0.250. The Labute approximate surface area is 109 Å². The maximum Gasteiger partial charge on any atom is 0.171 e. The standard InChI is InChI=1S/C16H22O2/c1-15(2)11-17-16(18-12-15)10-14(16)9-8-13-6-4-3-5-7-13/h3-7,14H,8-12H2,1-2H3. The fourth-order valence-corrected chi connectivity index (χ4v) is 2.66. The van der Waals surface area contributed by atoms with Crippen LogP contribution < -0.4 is 0 Å². The van der Waals surface area contributed by atoms with Crippen LogP contribution in [-0.4, -0.2) is 19.0 Å². The smallest absolute Gasteiger partial charge is 0.171 e. The van der Waals surface area contributed by atoms with Gasteiger partial charge in [0, 0.05) is 17.8 Å². The Hall–Kier alpha value is -0.860. The highest BCUT2D eigenvalue weighted by atomic mass is 16.7. The second-order valence-corrected chi connectivity index (χ2v) is 6.48. The monoisotopic (exact) mass is 246 g/mol. The molecule has 0 bridgehead atoms. The Kier molecular flexibility index (Phi) is 2.95.